The molecule has 0 saturated carbocycles. The SMILES string of the molecule is CC1CCCCN1S(=O)(=O)Nc1cc(Cl)ccc1Br. The van der Waals surface area contributed by atoms with Crippen LogP contribution in [-0.2, 0) is 10.2 Å². The molecular weight excluding hydrogens is 352 g/mol. The molecule has 1 aromatic rings. The zero-order valence-electron chi connectivity index (χ0n) is 10.6. The quantitative estimate of drug-likeness (QED) is 0.887. The molecule has 1 aromatic carbocycles. The van der Waals surface area contributed by atoms with E-state index in [1.165, 1.54) is 4.31 Å². The molecule has 106 valence electrons. The summed E-state index contributed by atoms with van der Waals surface area (Å²) in [5, 5.41) is 0.493. The van der Waals surface area contributed by atoms with Gasteiger partial charge in [-0.15, -0.1) is 0 Å². The molecule has 4 nitrogen and oxygen atoms in total. The molecule has 1 fully saturated rings. The third kappa shape index (κ3) is 3.62. The fourth-order valence-corrected chi connectivity index (χ4v) is 4.36. The fraction of sp³-hybridized carbons (Fsp3) is 0.500. The Balaban J connectivity index is 2.23. The van der Waals surface area contributed by atoms with Crippen molar-refractivity contribution in [3.63, 3.8) is 0 Å². The van der Waals surface area contributed by atoms with Gasteiger partial charge >= 0.3 is 10.2 Å². The summed E-state index contributed by atoms with van der Waals surface area (Å²) in [5.41, 5.74) is 0.463. The van der Waals surface area contributed by atoms with Crippen molar-refractivity contribution >= 4 is 43.4 Å². The van der Waals surface area contributed by atoms with Crippen LogP contribution in [0.2, 0.25) is 5.02 Å². The standard InChI is InChI=1S/C12H16BrClN2O2S/c1-9-4-2-3-7-16(9)19(17,18)15-12-8-10(14)5-6-11(12)13/h5-6,8-9,15H,2-4,7H2,1H3. The zero-order chi connectivity index (χ0) is 14.0. The first-order chi connectivity index (χ1) is 8.90. The Morgan fingerprint density at radius 1 is 1.42 bits per heavy atom. The lowest BCUT2D eigenvalue weighted by molar-refractivity contribution is 0.270. The van der Waals surface area contributed by atoms with Crippen LogP contribution in [0.3, 0.4) is 0 Å². The molecule has 1 N–H and O–H groups in total. The second-order valence-electron chi connectivity index (χ2n) is 4.69. The molecule has 0 radical (unpaired) electrons. The number of piperidine rings is 1. The van der Waals surface area contributed by atoms with Crippen molar-refractivity contribution in [2.24, 2.45) is 0 Å². The van der Waals surface area contributed by atoms with E-state index in [4.69, 9.17) is 11.6 Å². The maximum Gasteiger partial charge on any atom is 0.301 e. The van der Waals surface area contributed by atoms with Crippen LogP contribution in [0.4, 0.5) is 5.69 Å². The van der Waals surface area contributed by atoms with Crippen LogP contribution < -0.4 is 4.72 Å². The van der Waals surface area contributed by atoms with Crippen LogP contribution >= 0.6 is 27.5 Å². The van der Waals surface area contributed by atoms with Crippen molar-refractivity contribution in [3.8, 4) is 0 Å². The Kier molecular flexibility index (Phi) is 4.76. The molecule has 1 saturated heterocycles. The lowest BCUT2D eigenvalue weighted by Crippen LogP contribution is -2.44. The van der Waals surface area contributed by atoms with Gasteiger partial charge in [-0.1, -0.05) is 18.0 Å². The number of hydrogen-bond donors (Lipinski definition) is 1. The number of nitrogens with zero attached hydrogens (tertiary/aromatic N) is 1. The maximum atomic E-state index is 12.4. The molecule has 0 aliphatic carbocycles. The molecule has 2 rings (SSSR count). The van der Waals surface area contributed by atoms with Crippen molar-refractivity contribution in [3.05, 3.63) is 27.7 Å². The molecule has 1 unspecified atom stereocenters. The van der Waals surface area contributed by atoms with Gasteiger partial charge in [0.2, 0.25) is 0 Å². The number of hydrogen-bond acceptors (Lipinski definition) is 2. The number of anilines is 1. The van der Waals surface area contributed by atoms with Crippen molar-refractivity contribution in [1.82, 2.24) is 4.31 Å². The average Bonchev–Trinajstić information content (AvgIpc) is 2.34. The van der Waals surface area contributed by atoms with Crippen LogP contribution in [0.25, 0.3) is 0 Å². The van der Waals surface area contributed by atoms with Crippen LogP contribution in [0.15, 0.2) is 22.7 Å². The first-order valence-corrected chi connectivity index (χ1v) is 8.76. The molecule has 7 heteroatoms. The van der Waals surface area contributed by atoms with Crippen molar-refractivity contribution in [2.75, 3.05) is 11.3 Å². The fourth-order valence-electron chi connectivity index (χ4n) is 2.20. The van der Waals surface area contributed by atoms with Gasteiger partial charge in [0.15, 0.2) is 0 Å². The summed E-state index contributed by atoms with van der Waals surface area (Å²) in [6.07, 6.45) is 2.88. The number of rotatable bonds is 3. The smallest absolute Gasteiger partial charge is 0.270 e. The number of halogens is 2. The maximum absolute atomic E-state index is 12.4. The Hall–Kier alpha value is -0.300. The molecule has 1 aliphatic rings. The molecule has 1 atom stereocenters. The van der Waals surface area contributed by atoms with Crippen LogP contribution in [0.5, 0.6) is 0 Å². The normalized spacial score (nSPS) is 21.3. The van der Waals surface area contributed by atoms with Gasteiger partial charge in [-0.05, 0) is 53.9 Å². The van der Waals surface area contributed by atoms with Gasteiger partial charge in [-0.3, -0.25) is 4.72 Å². The Labute approximate surface area is 127 Å². The zero-order valence-corrected chi connectivity index (χ0v) is 13.7. The molecule has 0 bridgehead atoms. The highest BCUT2D eigenvalue weighted by Crippen LogP contribution is 2.28. The van der Waals surface area contributed by atoms with Gasteiger partial charge in [0.1, 0.15) is 0 Å². The topological polar surface area (TPSA) is 49.4 Å². The number of benzene rings is 1. The molecule has 1 aliphatic heterocycles. The minimum absolute atomic E-state index is 0.0317. The summed E-state index contributed by atoms with van der Waals surface area (Å²) in [5.74, 6) is 0. The predicted molar refractivity (Wildman–Crippen MR) is 81.7 cm³/mol. The minimum Gasteiger partial charge on any atom is -0.270 e. The van der Waals surface area contributed by atoms with E-state index in [0.29, 0.717) is 21.7 Å². The number of nitrogens with one attached hydrogen (secondary N) is 1. The van der Waals surface area contributed by atoms with E-state index >= 15 is 0 Å². The van der Waals surface area contributed by atoms with Crippen molar-refractivity contribution < 1.29 is 8.42 Å². The van der Waals surface area contributed by atoms with Gasteiger partial charge in [-0.25, -0.2) is 0 Å². The largest absolute Gasteiger partial charge is 0.301 e. The minimum atomic E-state index is -3.53. The highest BCUT2D eigenvalue weighted by Gasteiger charge is 2.29. The van der Waals surface area contributed by atoms with E-state index in [2.05, 4.69) is 20.7 Å². The lowest BCUT2D eigenvalue weighted by atomic mass is 10.1. The van der Waals surface area contributed by atoms with E-state index in [1.807, 2.05) is 6.92 Å². The predicted octanol–water partition coefficient (Wildman–Crippen LogP) is 3.63. The third-order valence-corrected chi connectivity index (χ3v) is 5.78. The van der Waals surface area contributed by atoms with Gasteiger partial charge in [0, 0.05) is 22.1 Å². The monoisotopic (exact) mass is 366 g/mol. The first-order valence-electron chi connectivity index (χ1n) is 6.15. The summed E-state index contributed by atoms with van der Waals surface area (Å²) >= 11 is 9.21. The summed E-state index contributed by atoms with van der Waals surface area (Å²) in [6.45, 7) is 2.50. The van der Waals surface area contributed by atoms with E-state index in [1.54, 1.807) is 18.2 Å². The average molecular weight is 368 g/mol. The highest BCUT2D eigenvalue weighted by atomic mass is 79.9. The summed E-state index contributed by atoms with van der Waals surface area (Å²) in [4.78, 5) is 0. The summed E-state index contributed by atoms with van der Waals surface area (Å²) < 4.78 is 29.5. The molecule has 0 spiro atoms. The molecule has 1 heterocycles. The lowest BCUT2D eigenvalue weighted by Gasteiger charge is -2.32. The van der Waals surface area contributed by atoms with Crippen LogP contribution in [0.1, 0.15) is 26.2 Å². The second kappa shape index (κ2) is 5.99. The van der Waals surface area contributed by atoms with Gasteiger partial charge in [-0.2, -0.15) is 12.7 Å². The van der Waals surface area contributed by atoms with Gasteiger partial charge in [0.25, 0.3) is 0 Å². The van der Waals surface area contributed by atoms with Gasteiger partial charge < -0.3 is 0 Å². The second-order valence-corrected chi connectivity index (χ2v) is 7.60. The Morgan fingerprint density at radius 3 is 2.84 bits per heavy atom. The summed E-state index contributed by atoms with van der Waals surface area (Å²) in [6, 6.07) is 5.05. The first kappa shape index (κ1) is 15.1. The van der Waals surface area contributed by atoms with Crippen LogP contribution in [0, 0.1) is 0 Å². The van der Waals surface area contributed by atoms with E-state index in [9.17, 15) is 8.42 Å². The van der Waals surface area contributed by atoms with Gasteiger partial charge in [0.05, 0.1) is 5.69 Å². The highest BCUT2D eigenvalue weighted by molar-refractivity contribution is 9.10. The van der Waals surface area contributed by atoms with E-state index in [0.717, 1.165) is 19.3 Å². The molecule has 0 amide bonds. The van der Waals surface area contributed by atoms with Crippen molar-refractivity contribution in [1.29, 1.82) is 0 Å². The molecular formula is C12H16BrClN2O2S. The van der Waals surface area contributed by atoms with E-state index in [-0.39, 0.29) is 6.04 Å². The van der Waals surface area contributed by atoms with E-state index < -0.39 is 10.2 Å². The Bertz CT molecular complexity index is 565. The third-order valence-electron chi connectivity index (χ3n) is 3.22. The molecule has 19 heavy (non-hydrogen) atoms. The molecule has 0 aromatic heterocycles. The summed E-state index contributed by atoms with van der Waals surface area (Å²) in [7, 11) is -3.53. The Morgan fingerprint density at radius 2 is 2.16 bits per heavy atom. The van der Waals surface area contributed by atoms with Crippen molar-refractivity contribution in [2.45, 2.75) is 32.2 Å². The van der Waals surface area contributed by atoms with Crippen LogP contribution in [-0.4, -0.2) is 25.3 Å².